The second kappa shape index (κ2) is 9.99. The van der Waals surface area contributed by atoms with Crippen LogP contribution in [0.25, 0.3) is 0 Å². The number of carbonyl (C=O) groups excluding carboxylic acids is 2. The molecule has 7 nitrogen and oxygen atoms in total. The number of aliphatic hydroxyl groups is 1. The molecule has 2 aromatic rings. The number of urea groups is 1. The van der Waals surface area contributed by atoms with Crippen molar-refractivity contribution in [2.24, 2.45) is 11.7 Å². The second-order valence-corrected chi connectivity index (χ2v) is 10.3. The van der Waals surface area contributed by atoms with Gasteiger partial charge < -0.3 is 15.9 Å². The third kappa shape index (κ3) is 4.80. The maximum absolute atomic E-state index is 12.8. The lowest BCUT2D eigenvalue weighted by atomic mass is 9.51. The van der Waals surface area contributed by atoms with Crippen LogP contribution in [0.1, 0.15) is 55.7 Å². The van der Waals surface area contributed by atoms with Gasteiger partial charge in [0.25, 0.3) is 0 Å². The molecule has 0 spiro atoms. The third-order valence-electron chi connectivity index (χ3n) is 8.47. The average molecular weight is 480 g/mol. The maximum Gasteiger partial charge on any atom is 0.318 e. The summed E-state index contributed by atoms with van der Waals surface area (Å²) in [7, 11) is 0. The van der Waals surface area contributed by atoms with Gasteiger partial charge in [0.05, 0.1) is 5.60 Å². The first-order valence-corrected chi connectivity index (χ1v) is 12.6. The Morgan fingerprint density at radius 1 is 1.17 bits per heavy atom. The van der Waals surface area contributed by atoms with E-state index in [9.17, 15) is 19.8 Å². The highest BCUT2D eigenvalue weighted by Gasteiger charge is 2.61. The number of fused-ring (bicyclic) bond motifs is 1. The van der Waals surface area contributed by atoms with Crippen LogP contribution in [-0.2, 0) is 16.6 Å². The molecule has 1 aliphatic heterocycles. The molecule has 0 radical (unpaired) electrons. The molecular weight excluding hydrogens is 442 g/mol. The van der Waals surface area contributed by atoms with Gasteiger partial charge in [-0.3, -0.25) is 15.0 Å². The third-order valence-corrected chi connectivity index (χ3v) is 8.47. The molecular formula is C28H37N3O4. The number of phenolic OH excluding ortho intramolecular Hbond substituents is 1. The van der Waals surface area contributed by atoms with Crippen LogP contribution >= 0.6 is 0 Å². The molecule has 1 saturated heterocycles. The number of benzene rings is 2. The monoisotopic (exact) mass is 479 g/mol. The maximum atomic E-state index is 12.8. The molecule has 7 heteroatoms. The Morgan fingerprint density at radius 3 is 2.63 bits per heavy atom. The standard InChI is InChI=1S/C28H37N3O4/c1-19-10-11-23(32)17-24(19)27-14-16-31(15-6-9-21-7-4-3-5-8-21)20(2)28(27,35)13-12-22(18-27)25(33)30-26(29)34/h3-5,7-8,10-11,17,20,22,32,35H,6,9,12-16,18H2,1-2H3,(H3,29,30,33,34). The summed E-state index contributed by atoms with van der Waals surface area (Å²) in [5.74, 6) is -0.694. The number of phenols is 1. The zero-order valence-corrected chi connectivity index (χ0v) is 20.7. The molecule has 2 aromatic carbocycles. The van der Waals surface area contributed by atoms with Crippen LogP contribution in [-0.4, -0.2) is 51.8 Å². The number of carbonyl (C=O) groups is 2. The second-order valence-electron chi connectivity index (χ2n) is 10.3. The van der Waals surface area contributed by atoms with E-state index >= 15 is 0 Å². The van der Waals surface area contributed by atoms with E-state index in [1.54, 1.807) is 12.1 Å². The van der Waals surface area contributed by atoms with Gasteiger partial charge in [0.1, 0.15) is 5.75 Å². The molecule has 1 saturated carbocycles. The van der Waals surface area contributed by atoms with Crippen molar-refractivity contribution in [2.75, 3.05) is 13.1 Å². The van der Waals surface area contributed by atoms with Crippen LogP contribution < -0.4 is 11.1 Å². The number of likely N-dealkylation sites (tertiary alicyclic amines) is 1. The molecule has 4 atom stereocenters. The highest BCUT2D eigenvalue weighted by atomic mass is 16.3. The summed E-state index contributed by atoms with van der Waals surface area (Å²) in [4.78, 5) is 26.5. The molecule has 0 bridgehead atoms. The fraction of sp³-hybridized carbons (Fsp3) is 0.500. The van der Waals surface area contributed by atoms with E-state index in [-0.39, 0.29) is 11.8 Å². The number of nitrogens with zero attached hydrogens (tertiary/aromatic N) is 1. The van der Waals surface area contributed by atoms with Gasteiger partial charge in [-0.2, -0.15) is 0 Å². The molecule has 3 amide bonds. The largest absolute Gasteiger partial charge is 0.508 e. The summed E-state index contributed by atoms with van der Waals surface area (Å²) in [6.45, 7) is 5.71. The van der Waals surface area contributed by atoms with E-state index in [1.165, 1.54) is 5.56 Å². The number of aryl methyl sites for hydroxylation is 2. The molecule has 1 aliphatic carbocycles. The smallest absolute Gasteiger partial charge is 0.318 e. The number of imide groups is 1. The lowest BCUT2D eigenvalue weighted by Gasteiger charge is -2.61. The zero-order valence-electron chi connectivity index (χ0n) is 20.7. The Bertz CT molecular complexity index is 1080. The molecule has 0 aromatic heterocycles. The summed E-state index contributed by atoms with van der Waals surface area (Å²) < 4.78 is 0. The fourth-order valence-electron chi connectivity index (χ4n) is 6.58. The molecule has 4 rings (SSSR count). The fourth-order valence-corrected chi connectivity index (χ4v) is 6.58. The van der Waals surface area contributed by atoms with Gasteiger partial charge in [0.15, 0.2) is 0 Å². The summed E-state index contributed by atoms with van der Waals surface area (Å²) >= 11 is 0. The van der Waals surface area contributed by atoms with Crippen molar-refractivity contribution in [3.63, 3.8) is 0 Å². The van der Waals surface area contributed by atoms with E-state index in [1.807, 2.05) is 19.1 Å². The normalized spacial score (nSPS) is 28.8. The number of amides is 3. The summed E-state index contributed by atoms with van der Waals surface area (Å²) in [6, 6.07) is 14.7. The van der Waals surface area contributed by atoms with Crippen LogP contribution in [0.2, 0.25) is 0 Å². The summed E-state index contributed by atoms with van der Waals surface area (Å²) in [6.07, 6.45) is 3.92. The number of nitrogens with one attached hydrogen (secondary N) is 1. The number of rotatable bonds is 6. The van der Waals surface area contributed by atoms with Gasteiger partial charge in [-0.05, 0) is 94.3 Å². The summed E-state index contributed by atoms with van der Waals surface area (Å²) in [5, 5.41) is 25.0. The predicted octanol–water partition coefficient (Wildman–Crippen LogP) is 3.39. The number of hydrogen-bond donors (Lipinski definition) is 4. The Labute approximate surface area is 207 Å². The van der Waals surface area contributed by atoms with Gasteiger partial charge in [-0.15, -0.1) is 0 Å². The van der Waals surface area contributed by atoms with E-state index in [0.29, 0.717) is 25.7 Å². The number of aromatic hydroxyl groups is 1. The van der Waals surface area contributed by atoms with Crippen molar-refractivity contribution in [3.05, 3.63) is 65.2 Å². The topological polar surface area (TPSA) is 116 Å². The first kappa shape index (κ1) is 25.2. The average Bonchev–Trinajstić information content (AvgIpc) is 2.83. The van der Waals surface area contributed by atoms with Crippen molar-refractivity contribution < 1.29 is 19.8 Å². The van der Waals surface area contributed by atoms with E-state index in [4.69, 9.17) is 5.73 Å². The van der Waals surface area contributed by atoms with Gasteiger partial charge in [0, 0.05) is 17.4 Å². The first-order valence-electron chi connectivity index (χ1n) is 12.6. The van der Waals surface area contributed by atoms with E-state index < -0.39 is 28.9 Å². The number of hydrogen-bond acceptors (Lipinski definition) is 5. The lowest BCUT2D eigenvalue weighted by molar-refractivity contribution is -0.167. The Kier molecular flexibility index (Phi) is 7.20. The predicted molar refractivity (Wildman–Crippen MR) is 135 cm³/mol. The molecule has 2 aliphatic rings. The minimum absolute atomic E-state index is 0.131. The zero-order chi connectivity index (χ0) is 25.2. The van der Waals surface area contributed by atoms with E-state index in [2.05, 4.69) is 41.4 Å². The number of piperidine rings is 1. The van der Waals surface area contributed by atoms with Gasteiger partial charge in [-0.25, -0.2) is 4.79 Å². The van der Waals surface area contributed by atoms with Gasteiger partial charge in [-0.1, -0.05) is 36.4 Å². The van der Waals surface area contributed by atoms with Crippen LogP contribution in [0.4, 0.5) is 4.79 Å². The van der Waals surface area contributed by atoms with Crippen molar-refractivity contribution in [2.45, 2.75) is 69.4 Å². The molecule has 2 fully saturated rings. The van der Waals surface area contributed by atoms with Crippen molar-refractivity contribution in [3.8, 4) is 5.75 Å². The molecule has 188 valence electrons. The highest BCUT2D eigenvalue weighted by molar-refractivity contribution is 5.94. The van der Waals surface area contributed by atoms with Crippen LogP contribution in [0.15, 0.2) is 48.5 Å². The van der Waals surface area contributed by atoms with Crippen molar-refractivity contribution >= 4 is 11.9 Å². The van der Waals surface area contributed by atoms with Crippen LogP contribution in [0.5, 0.6) is 5.75 Å². The van der Waals surface area contributed by atoms with Crippen LogP contribution in [0.3, 0.4) is 0 Å². The Morgan fingerprint density at radius 2 is 1.91 bits per heavy atom. The number of primary amides is 1. The van der Waals surface area contributed by atoms with Gasteiger partial charge in [0.2, 0.25) is 5.91 Å². The molecule has 1 heterocycles. The van der Waals surface area contributed by atoms with Crippen LogP contribution in [0, 0.1) is 12.8 Å². The van der Waals surface area contributed by atoms with E-state index in [0.717, 1.165) is 37.1 Å². The first-order chi connectivity index (χ1) is 16.7. The molecule has 5 N–H and O–H groups in total. The highest BCUT2D eigenvalue weighted by Crippen LogP contribution is 2.56. The SMILES string of the molecule is Cc1ccc(O)cc1C12CCN(CCCc3ccccc3)C(C)C1(O)CCC(C(=O)NC(N)=O)C2. The molecule has 4 unspecified atom stereocenters. The van der Waals surface area contributed by atoms with Crippen molar-refractivity contribution in [1.29, 1.82) is 0 Å². The summed E-state index contributed by atoms with van der Waals surface area (Å²) in [5.41, 5.74) is 6.58. The quantitative estimate of drug-likeness (QED) is 0.507. The van der Waals surface area contributed by atoms with Gasteiger partial charge >= 0.3 is 6.03 Å². The molecule has 35 heavy (non-hydrogen) atoms. The lowest BCUT2D eigenvalue weighted by Crippen LogP contribution is -2.70. The Hall–Kier alpha value is -2.90. The van der Waals surface area contributed by atoms with Crippen molar-refractivity contribution in [1.82, 2.24) is 10.2 Å². The number of nitrogens with two attached hydrogens (primary N) is 1. The minimum atomic E-state index is -1.08. The Balaban J connectivity index is 1.62. The minimum Gasteiger partial charge on any atom is -0.508 e.